The van der Waals surface area contributed by atoms with Crippen LogP contribution in [0.15, 0.2) is 30.3 Å². The van der Waals surface area contributed by atoms with E-state index in [4.69, 9.17) is 5.11 Å². The molecule has 0 spiro atoms. The van der Waals surface area contributed by atoms with Crippen molar-refractivity contribution in [3.8, 4) is 0 Å². The molecule has 1 fully saturated rings. The first-order valence-electron chi connectivity index (χ1n) is 7.92. The van der Waals surface area contributed by atoms with Crippen LogP contribution in [-0.2, 0) is 9.59 Å². The zero-order chi connectivity index (χ0) is 17.7. The lowest BCUT2D eigenvalue weighted by Gasteiger charge is -2.36. The first kappa shape index (κ1) is 17.7. The number of likely N-dealkylation sites (tertiary alicyclic amines) is 1. The van der Waals surface area contributed by atoms with Crippen molar-refractivity contribution in [1.82, 2.24) is 9.80 Å². The average molecular weight is 330 g/mol. The maximum absolute atomic E-state index is 12.2. The van der Waals surface area contributed by atoms with Crippen molar-refractivity contribution >= 4 is 23.9 Å². The van der Waals surface area contributed by atoms with Gasteiger partial charge in [-0.1, -0.05) is 12.1 Å². The van der Waals surface area contributed by atoms with Gasteiger partial charge in [0.2, 0.25) is 11.8 Å². The highest BCUT2D eigenvalue weighted by Gasteiger charge is 2.25. The van der Waals surface area contributed by atoms with Gasteiger partial charge in [0, 0.05) is 39.2 Å². The molecule has 1 aromatic carbocycles. The summed E-state index contributed by atoms with van der Waals surface area (Å²) >= 11 is 0. The van der Waals surface area contributed by atoms with Crippen molar-refractivity contribution in [1.29, 1.82) is 0 Å². The molecular weight excluding hydrogens is 308 g/mol. The molecule has 1 aliphatic rings. The van der Waals surface area contributed by atoms with Gasteiger partial charge in [0.15, 0.2) is 0 Å². The van der Waals surface area contributed by atoms with Gasteiger partial charge in [0.1, 0.15) is 0 Å². The number of hydrogen-bond acceptors (Lipinski definition) is 3. The second-order valence-corrected chi connectivity index (χ2v) is 5.95. The summed E-state index contributed by atoms with van der Waals surface area (Å²) in [5, 5.41) is 8.86. The fraction of sp³-hybridized carbons (Fsp3) is 0.389. The Hall–Kier alpha value is -2.63. The summed E-state index contributed by atoms with van der Waals surface area (Å²) in [6, 6.07) is 6.55. The van der Waals surface area contributed by atoms with E-state index in [0.717, 1.165) is 18.4 Å². The third-order valence-electron chi connectivity index (χ3n) is 4.40. The quantitative estimate of drug-likeness (QED) is 0.855. The Morgan fingerprint density at radius 3 is 2.25 bits per heavy atom. The molecule has 0 bridgehead atoms. The van der Waals surface area contributed by atoms with Crippen LogP contribution in [0.25, 0.3) is 6.08 Å². The molecule has 6 nitrogen and oxygen atoms in total. The van der Waals surface area contributed by atoms with Crippen LogP contribution < -0.4 is 0 Å². The highest BCUT2D eigenvalue weighted by atomic mass is 16.4. The Morgan fingerprint density at radius 1 is 1.17 bits per heavy atom. The maximum atomic E-state index is 12.2. The highest BCUT2D eigenvalue weighted by molar-refractivity contribution is 5.92. The van der Waals surface area contributed by atoms with Crippen LogP contribution in [0.1, 0.15) is 35.7 Å². The van der Waals surface area contributed by atoms with E-state index >= 15 is 0 Å². The molecule has 1 aliphatic heterocycles. The van der Waals surface area contributed by atoms with Crippen molar-refractivity contribution in [2.45, 2.75) is 25.8 Å². The molecule has 1 heterocycles. The molecule has 128 valence electrons. The number of amides is 2. The Kier molecular flexibility index (Phi) is 5.73. The van der Waals surface area contributed by atoms with Crippen LogP contribution >= 0.6 is 0 Å². The molecule has 1 aromatic rings. The lowest BCUT2D eigenvalue weighted by Crippen LogP contribution is -2.46. The summed E-state index contributed by atoms with van der Waals surface area (Å²) in [5.41, 5.74) is 0.995. The largest absolute Gasteiger partial charge is 0.478 e. The van der Waals surface area contributed by atoms with Gasteiger partial charge >= 0.3 is 5.97 Å². The van der Waals surface area contributed by atoms with Crippen LogP contribution in [0.5, 0.6) is 0 Å². The average Bonchev–Trinajstić information content (AvgIpc) is 2.59. The first-order valence-corrected chi connectivity index (χ1v) is 7.92. The van der Waals surface area contributed by atoms with E-state index in [2.05, 4.69) is 0 Å². The normalized spacial score (nSPS) is 15.5. The van der Waals surface area contributed by atoms with Gasteiger partial charge in [-0.2, -0.15) is 0 Å². The van der Waals surface area contributed by atoms with Crippen molar-refractivity contribution in [3.05, 3.63) is 41.5 Å². The van der Waals surface area contributed by atoms with Crippen LogP contribution in [0.3, 0.4) is 0 Å². The number of carboxylic acid groups (broad SMARTS) is 1. The molecule has 0 radical (unpaired) electrons. The number of nitrogens with zero attached hydrogens (tertiary/aromatic N) is 2. The van der Waals surface area contributed by atoms with E-state index in [-0.39, 0.29) is 23.4 Å². The standard InChI is InChI=1S/C18H22N2O4/c1-13(21)19(2)16-9-11-20(12-10-16)17(22)8-5-14-3-6-15(7-4-14)18(23)24/h3-8,16H,9-12H2,1-2H3,(H,23,24)/b8-5+. The number of piperidine rings is 1. The van der Waals surface area contributed by atoms with E-state index in [1.54, 1.807) is 42.0 Å². The van der Waals surface area contributed by atoms with Crippen LogP contribution in [0.2, 0.25) is 0 Å². The number of benzene rings is 1. The third kappa shape index (κ3) is 4.44. The molecule has 1 saturated heterocycles. The molecule has 0 unspecified atom stereocenters. The van der Waals surface area contributed by atoms with Gasteiger partial charge in [-0.05, 0) is 36.6 Å². The van der Waals surface area contributed by atoms with E-state index in [1.807, 2.05) is 0 Å². The van der Waals surface area contributed by atoms with Crippen molar-refractivity contribution in [2.24, 2.45) is 0 Å². The number of aromatic carboxylic acids is 1. The van der Waals surface area contributed by atoms with Gasteiger partial charge in [0.25, 0.3) is 0 Å². The van der Waals surface area contributed by atoms with E-state index in [9.17, 15) is 14.4 Å². The van der Waals surface area contributed by atoms with Gasteiger partial charge in [-0.15, -0.1) is 0 Å². The van der Waals surface area contributed by atoms with Crippen LogP contribution in [-0.4, -0.2) is 58.9 Å². The SMILES string of the molecule is CC(=O)N(C)C1CCN(C(=O)/C=C/c2ccc(C(=O)O)cc2)CC1. The van der Waals surface area contributed by atoms with E-state index < -0.39 is 5.97 Å². The second kappa shape index (κ2) is 7.77. The van der Waals surface area contributed by atoms with Crippen LogP contribution in [0, 0.1) is 0 Å². The summed E-state index contributed by atoms with van der Waals surface area (Å²) in [6.07, 6.45) is 4.75. The Bertz CT molecular complexity index is 643. The fourth-order valence-corrected chi connectivity index (χ4v) is 2.74. The maximum Gasteiger partial charge on any atom is 0.335 e. The number of carboxylic acids is 1. The minimum absolute atomic E-state index is 0.0458. The summed E-state index contributed by atoms with van der Waals surface area (Å²) in [4.78, 5) is 37.9. The number of carbonyl (C=O) groups is 3. The van der Waals surface area contributed by atoms with Crippen LogP contribution in [0.4, 0.5) is 0 Å². The predicted molar refractivity (Wildman–Crippen MR) is 90.5 cm³/mol. The molecule has 0 aromatic heterocycles. The zero-order valence-corrected chi connectivity index (χ0v) is 13.9. The van der Waals surface area contributed by atoms with Gasteiger partial charge in [0.05, 0.1) is 5.56 Å². The molecule has 0 aliphatic carbocycles. The molecule has 1 N–H and O–H groups in total. The molecule has 24 heavy (non-hydrogen) atoms. The molecule has 2 amide bonds. The Balaban J connectivity index is 1.89. The van der Waals surface area contributed by atoms with Gasteiger partial charge in [-0.25, -0.2) is 4.79 Å². The third-order valence-corrected chi connectivity index (χ3v) is 4.40. The number of hydrogen-bond donors (Lipinski definition) is 1. The molecule has 0 atom stereocenters. The molecule has 2 rings (SSSR count). The number of carbonyl (C=O) groups excluding carboxylic acids is 2. The summed E-state index contributed by atoms with van der Waals surface area (Å²) in [7, 11) is 1.80. The molecule has 6 heteroatoms. The van der Waals surface area contributed by atoms with E-state index in [0.29, 0.717) is 13.1 Å². The number of rotatable bonds is 4. The minimum atomic E-state index is -0.972. The summed E-state index contributed by atoms with van der Waals surface area (Å²) in [6.45, 7) is 2.81. The van der Waals surface area contributed by atoms with Gasteiger partial charge < -0.3 is 14.9 Å². The van der Waals surface area contributed by atoms with Crippen molar-refractivity contribution < 1.29 is 19.5 Å². The smallest absolute Gasteiger partial charge is 0.335 e. The molecule has 0 saturated carbocycles. The lowest BCUT2D eigenvalue weighted by molar-refractivity contribution is -0.132. The zero-order valence-electron chi connectivity index (χ0n) is 13.9. The Morgan fingerprint density at radius 2 is 1.75 bits per heavy atom. The van der Waals surface area contributed by atoms with E-state index in [1.165, 1.54) is 18.2 Å². The monoisotopic (exact) mass is 330 g/mol. The second-order valence-electron chi connectivity index (χ2n) is 5.95. The lowest BCUT2D eigenvalue weighted by atomic mass is 10.0. The predicted octanol–water partition coefficient (Wildman–Crippen LogP) is 1.87. The first-order chi connectivity index (χ1) is 11.4. The highest BCUT2D eigenvalue weighted by Crippen LogP contribution is 2.16. The van der Waals surface area contributed by atoms with Crippen molar-refractivity contribution in [3.63, 3.8) is 0 Å². The fourth-order valence-electron chi connectivity index (χ4n) is 2.74. The summed E-state index contributed by atoms with van der Waals surface area (Å²) < 4.78 is 0. The Labute approximate surface area is 141 Å². The topological polar surface area (TPSA) is 77.9 Å². The van der Waals surface area contributed by atoms with Crippen molar-refractivity contribution in [2.75, 3.05) is 20.1 Å². The molecular formula is C18H22N2O4. The summed E-state index contributed by atoms with van der Waals surface area (Å²) in [5.74, 6) is -0.995. The minimum Gasteiger partial charge on any atom is -0.478 e. The van der Waals surface area contributed by atoms with Gasteiger partial charge in [-0.3, -0.25) is 9.59 Å².